The van der Waals surface area contributed by atoms with Crippen LogP contribution < -0.4 is 16.0 Å². The van der Waals surface area contributed by atoms with Gasteiger partial charge < -0.3 is 20.7 Å². The molecule has 4 rings (SSSR count). The molecule has 0 radical (unpaired) electrons. The Labute approximate surface area is 207 Å². The first-order valence-electron chi connectivity index (χ1n) is 10.7. The van der Waals surface area contributed by atoms with Crippen molar-refractivity contribution in [3.63, 3.8) is 0 Å². The maximum Gasteiger partial charge on any atom is 0.253 e. The van der Waals surface area contributed by atoms with Crippen LogP contribution in [-0.2, 0) is 10.2 Å². The molecule has 2 aromatic rings. The smallest absolute Gasteiger partial charge is 0.253 e. The van der Waals surface area contributed by atoms with E-state index in [1.807, 2.05) is 30.3 Å². The van der Waals surface area contributed by atoms with Crippen LogP contribution in [-0.4, -0.2) is 49.8 Å². The Balaban J connectivity index is 0.00000181. The third-order valence-electron chi connectivity index (χ3n) is 6.45. The van der Waals surface area contributed by atoms with E-state index < -0.39 is 0 Å². The molecule has 6 nitrogen and oxygen atoms in total. The standard InChI is InChI=1S/C23H29ClN4O2.2ClH/c24-19-3-1-2-18(14-19)23(16-25)8-6-20(7-9-23)27-22(29)17-4-5-21(26-15-17)28-10-12-30-13-11-28;;/h1-5,14-15,20H,6-13,16,25H2,(H,27,29);2*1H/t20-,23-;;. The van der Waals surface area contributed by atoms with Crippen molar-refractivity contribution in [1.82, 2.24) is 10.3 Å². The average molecular weight is 502 g/mol. The van der Waals surface area contributed by atoms with Crippen LogP contribution in [0, 0.1) is 0 Å². The lowest BCUT2D eigenvalue weighted by atomic mass is 9.68. The quantitative estimate of drug-likeness (QED) is 0.648. The highest BCUT2D eigenvalue weighted by Crippen LogP contribution is 2.39. The van der Waals surface area contributed by atoms with Gasteiger partial charge in [0.05, 0.1) is 18.8 Å². The van der Waals surface area contributed by atoms with E-state index in [4.69, 9.17) is 22.1 Å². The van der Waals surface area contributed by atoms with Gasteiger partial charge in [-0.25, -0.2) is 4.98 Å². The van der Waals surface area contributed by atoms with Crippen LogP contribution in [0.5, 0.6) is 0 Å². The molecule has 0 bridgehead atoms. The van der Waals surface area contributed by atoms with Gasteiger partial charge in [0.2, 0.25) is 0 Å². The van der Waals surface area contributed by atoms with E-state index in [0.717, 1.165) is 49.6 Å². The monoisotopic (exact) mass is 500 g/mol. The Morgan fingerprint density at radius 1 is 1.19 bits per heavy atom. The number of nitrogens with zero attached hydrogens (tertiary/aromatic N) is 2. The van der Waals surface area contributed by atoms with Gasteiger partial charge in [-0.2, -0.15) is 0 Å². The highest BCUT2D eigenvalue weighted by molar-refractivity contribution is 6.30. The molecule has 1 amide bonds. The molecule has 0 spiro atoms. The summed E-state index contributed by atoms with van der Waals surface area (Å²) in [6.07, 6.45) is 5.33. The Morgan fingerprint density at radius 3 is 2.50 bits per heavy atom. The number of halogens is 3. The molecule has 1 aliphatic carbocycles. The van der Waals surface area contributed by atoms with E-state index in [-0.39, 0.29) is 42.2 Å². The van der Waals surface area contributed by atoms with E-state index >= 15 is 0 Å². The summed E-state index contributed by atoms with van der Waals surface area (Å²) in [6.45, 7) is 3.67. The summed E-state index contributed by atoms with van der Waals surface area (Å²) in [5.41, 5.74) is 7.92. The van der Waals surface area contributed by atoms with Crippen LogP contribution in [0.3, 0.4) is 0 Å². The predicted molar refractivity (Wildman–Crippen MR) is 134 cm³/mol. The summed E-state index contributed by atoms with van der Waals surface area (Å²) in [5, 5.41) is 3.92. The molecule has 0 unspecified atom stereocenters. The molecule has 2 heterocycles. The normalized spacial score (nSPS) is 22.9. The number of ether oxygens (including phenoxy) is 1. The van der Waals surface area contributed by atoms with E-state index in [1.54, 1.807) is 6.20 Å². The van der Waals surface area contributed by atoms with Gasteiger partial charge >= 0.3 is 0 Å². The molecule has 32 heavy (non-hydrogen) atoms. The number of carbonyl (C=O) groups is 1. The van der Waals surface area contributed by atoms with Gasteiger partial charge in [0, 0.05) is 42.3 Å². The number of anilines is 1. The minimum atomic E-state index is -0.0657. The fourth-order valence-corrected chi connectivity index (χ4v) is 4.70. The Morgan fingerprint density at radius 2 is 1.91 bits per heavy atom. The van der Waals surface area contributed by atoms with Gasteiger partial charge in [0.1, 0.15) is 5.82 Å². The first-order valence-corrected chi connectivity index (χ1v) is 11.0. The van der Waals surface area contributed by atoms with Gasteiger partial charge in [-0.3, -0.25) is 4.79 Å². The molecule has 1 aliphatic heterocycles. The molecule has 3 N–H and O–H groups in total. The van der Waals surface area contributed by atoms with Crippen LogP contribution >= 0.6 is 36.4 Å². The van der Waals surface area contributed by atoms with Gasteiger partial charge in [0.25, 0.3) is 5.91 Å². The van der Waals surface area contributed by atoms with E-state index in [2.05, 4.69) is 21.3 Å². The van der Waals surface area contributed by atoms with Crippen LogP contribution in [0.1, 0.15) is 41.6 Å². The molecule has 1 aromatic heterocycles. The fraction of sp³-hybridized carbons (Fsp3) is 0.478. The number of nitrogens with two attached hydrogens (primary N) is 1. The Kier molecular flexibility index (Phi) is 10.0. The van der Waals surface area contributed by atoms with E-state index in [1.165, 1.54) is 5.56 Å². The lowest BCUT2D eigenvalue weighted by molar-refractivity contribution is 0.0917. The molecule has 2 aliphatic rings. The first kappa shape index (κ1) is 26.7. The number of hydrogen-bond donors (Lipinski definition) is 2. The van der Waals surface area contributed by atoms with E-state index in [9.17, 15) is 4.79 Å². The molecule has 9 heteroatoms. The molecule has 1 aromatic carbocycles. The van der Waals surface area contributed by atoms with E-state index in [0.29, 0.717) is 25.3 Å². The molecule has 2 fully saturated rings. The van der Waals surface area contributed by atoms with Crippen molar-refractivity contribution in [3.8, 4) is 0 Å². The summed E-state index contributed by atoms with van der Waals surface area (Å²) in [4.78, 5) is 19.4. The zero-order chi connectivity index (χ0) is 21.0. The van der Waals surface area contributed by atoms with Crippen molar-refractivity contribution in [1.29, 1.82) is 0 Å². The largest absolute Gasteiger partial charge is 0.378 e. The predicted octanol–water partition coefficient (Wildman–Crippen LogP) is 3.98. The number of aromatic nitrogens is 1. The van der Waals surface area contributed by atoms with Crippen LogP contribution in [0.2, 0.25) is 5.02 Å². The number of rotatable bonds is 5. The van der Waals surface area contributed by atoms with Crippen LogP contribution in [0.4, 0.5) is 5.82 Å². The summed E-state index contributed by atoms with van der Waals surface area (Å²) in [7, 11) is 0. The second-order valence-corrected chi connectivity index (χ2v) is 8.68. The SMILES string of the molecule is Cl.Cl.NC[C@]1(c2cccc(Cl)c2)CC[C@H](NC(=O)c2ccc(N3CCOCC3)nc2)CC1. The van der Waals surface area contributed by atoms with Crippen LogP contribution in [0.15, 0.2) is 42.6 Å². The maximum absolute atomic E-state index is 12.7. The Hall–Kier alpha value is -1.57. The number of benzene rings is 1. The molecular weight excluding hydrogens is 471 g/mol. The number of morpholine rings is 1. The lowest BCUT2D eigenvalue weighted by Gasteiger charge is -2.40. The second-order valence-electron chi connectivity index (χ2n) is 8.25. The Bertz CT molecular complexity index is 868. The third kappa shape index (κ3) is 6.06. The minimum Gasteiger partial charge on any atom is -0.378 e. The van der Waals surface area contributed by atoms with Gasteiger partial charge in [-0.15, -0.1) is 24.8 Å². The number of amides is 1. The molecule has 1 saturated carbocycles. The van der Waals surface area contributed by atoms with Crippen molar-refractivity contribution in [2.45, 2.75) is 37.1 Å². The highest BCUT2D eigenvalue weighted by Gasteiger charge is 2.36. The topological polar surface area (TPSA) is 80.5 Å². The van der Waals surface area contributed by atoms with Crippen molar-refractivity contribution in [3.05, 3.63) is 58.7 Å². The van der Waals surface area contributed by atoms with Gasteiger partial charge in [0.15, 0.2) is 0 Å². The second kappa shape index (κ2) is 12.1. The molecule has 1 saturated heterocycles. The molecular formula is C23H31Cl3N4O2. The highest BCUT2D eigenvalue weighted by atomic mass is 35.5. The lowest BCUT2D eigenvalue weighted by Crippen LogP contribution is -2.45. The number of nitrogens with one attached hydrogen (secondary N) is 1. The first-order chi connectivity index (χ1) is 14.6. The summed E-state index contributed by atoms with van der Waals surface area (Å²) in [5.74, 6) is 0.825. The fourth-order valence-electron chi connectivity index (χ4n) is 4.51. The summed E-state index contributed by atoms with van der Waals surface area (Å²) < 4.78 is 5.38. The van der Waals surface area contributed by atoms with Crippen molar-refractivity contribution < 1.29 is 9.53 Å². The summed E-state index contributed by atoms with van der Waals surface area (Å²) in [6, 6.07) is 11.9. The zero-order valence-electron chi connectivity index (χ0n) is 18.0. The van der Waals surface area contributed by atoms with Crippen molar-refractivity contribution >= 4 is 48.1 Å². The number of carbonyl (C=O) groups excluding carboxylic acids is 1. The maximum atomic E-state index is 12.7. The molecule has 176 valence electrons. The van der Waals surface area contributed by atoms with Crippen molar-refractivity contribution in [2.75, 3.05) is 37.7 Å². The number of pyridine rings is 1. The third-order valence-corrected chi connectivity index (χ3v) is 6.69. The summed E-state index contributed by atoms with van der Waals surface area (Å²) >= 11 is 6.20. The number of hydrogen-bond acceptors (Lipinski definition) is 5. The van der Waals surface area contributed by atoms with Crippen LogP contribution in [0.25, 0.3) is 0 Å². The van der Waals surface area contributed by atoms with Gasteiger partial charge in [-0.05, 0) is 55.5 Å². The zero-order valence-corrected chi connectivity index (χ0v) is 20.4. The molecule has 0 atom stereocenters. The minimum absolute atomic E-state index is 0. The van der Waals surface area contributed by atoms with Gasteiger partial charge in [-0.1, -0.05) is 23.7 Å². The van der Waals surface area contributed by atoms with Crippen molar-refractivity contribution in [2.24, 2.45) is 5.73 Å². The average Bonchev–Trinajstić information content (AvgIpc) is 2.80.